The summed E-state index contributed by atoms with van der Waals surface area (Å²) in [6.07, 6.45) is -0.170. The van der Waals surface area contributed by atoms with Crippen LogP contribution in [0.15, 0.2) is 17.4 Å². The smallest absolute Gasteiger partial charge is 0.278 e. The van der Waals surface area contributed by atoms with Crippen molar-refractivity contribution in [3.8, 4) is 0 Å². The Labute approximate surface area is 94.5 Å². The highest BCUT2D eigenvalue weighted by atomic mass is 16.5. The average Bonchev–Trinajstić information content (AvgIpc) is 2.86. The van der Waals surface area contributed by atoms with Crippen molar-refractivity contribution in [1.82, 2.24) is 19.5 Å². The number of aromatic amines is 1. The molecule has 3 unspecified atom stereocenters. The molecule has 1 fully saturated rings. The van der Waals surface area contributed by atoms with Crippen LogP contribution in [0.3, 0.4) is 0 Å². The molecule has 3 heterocycles. The number of ether oxygens (including phenoxy) is 1. The van der Waals surface area contributed by atoms with Crippen molar-refractivity contribution in [2.24, 2.45) is 0 Å². The number of H-pyrrole nitrogens is 1. The minimum absolute atomic E-state index is 0.0364. The van der Waals surface area contributed by atoms with Crippen LogP contribution < -0.4 is 5.56 Å². The Morgan fingerprint density at radius 2 is 2.29 bits per heavy atom. The first-order valence-corrected chi connectivity index (χ1v) is 5.06. The van der Waals surface area contributed by atoms with Gasteiger partial charge in [-0.25, -0.2) is 9.97 Å². The van der Waals surface area contributed by atoms with Gasteiger partial charge < -0.3 is 19.9 Å². The summed E-state index contributed by atoms with van der Waals surface area (Å²) in [7, 11) is 0. The molecule has 3 rings (SSSR count). The number of rotatable bonds is 1. The van der Waals surface area contributed by atoms with E-state index in [0.29, 0.717) is 5.65 Å². The predicted molar refractivity (Wildman–Crippen MR) is 55.2 cm³/mol. The Bertz CT molecular complexity index is 606. The lowest BCUT2D eigenvalue weighted by Gasteiger charge is -2.16. The van der Waals surface area contributed by atoms with Gasteiger partial charge in [-0.05, 0) is 0 Å². The summed E-state index contributed by atoms with van der Waals surface area (Å²) in [4.78, 5) is 21.7. The number of nitrogens with one attached hydrogen (secondary N) is 1. The number of aromatic nitrogens is 4. The van der Waals surface area contributed by atoms with Crippen LogP contribution in [0.4, 0.5) is 0 Å². The highest BCUT2D eigenvalue weighted by molar-refractivity contribution is 5.68. The molecule has 2 aromatic heterocycles. The van der Waals surface area contributed by atoms with Crippen LogP contribution in [-0.4, -0.2) is 48.5 Å². The average molecular weight is 238 g/mol. The van der Waals surface area contributed by atoms with Gasteiger partial charge in [0.15, 0.2) is 17.4 Å². The number of nitrogens with zero attached hydrogens (tertiary/aromatic N) is 3. The Hall–Kier alpha value is -1.77. The molecule has 3 atom stereocenters. The molecule has 1 saturated heterocycles. The van der Waals surface area contributed by atoms with Gasteiger partial charge in [0, 0.05) is 0 Å². The number of fused-ring (bicyclic) bond motifs is 1. The number of hydrogen-bond donors (Lipinski definition) is 3. The van der Waals surface area contributed by atoms with E-state index in [4.69, 9.17) is 4.74 Å². The Morgan fingerprint density at radius 1 is 1.47 bits per heavy atom. The second-order valence-corrected chi connectivity index (χ2v) is 3.84. The van der Waals surface area contributed by atoms with Gasteiger partial charge in [0.1, 0.15) is 12.2 Å². The van der Waals surface area contributed by atoms with Crippen molar-refractivity contribution < 1.29 is 14.9 Å². The summed E-state index contributed by atoms with van der Waals surface area (Å²) in [5.74, 6) is 0. The number of imidazole rings is 1. The minimum Gasteiger partial charge on any atom is -0.388 e. The van der Waals surface area contributed by atoms with E-state index in [2.05, 4.69) is 15.0 Å². The molecule has 2 aromatic rings. The molecule has 3 N–H and O–H groups in total. The van der Waals surface area contributed by atoms with Crippen molar-refractivity contribution in [3.05, 3.63) is 23.0 Å². The highest BCUT2D eigenvalue weighted by Crippen LogP contribution is 2.25. The van der Waals surface area contributed by atoms with E-state index in [9.17, 15) is 15.0 Å². The van der Waals surface area contributed by atoms with Gasteiger partial charge in [0.2, 0.25) is 0 Å². The molecule has 0 radical (unpaired) electrons. The van der Waals surface area contributed by atoms with Gasteiger partial charge in [0.25, 0.3) is 5.56 Å². The highest BCUT2D eigenvalue weighted by Gasteiger charge is 2.36. The maximum Gasteiger partial charge on any atom is 0.278 e. The van der Waals surface area contributed by atoms with E-state index < -0.39 is 18.4 Å². The zero-order chi connectivity index (χ0) is 12.0. The third-order valence-corrected chi connectivity index (χ3v) is 2.76. The minimum atomic E-state index is -1.06. The summed E-state index contributed by atoms with van der Waals surface area (Å²) >= 11 is 0. The normalized spacial score (nSPS) is 28.9. The second-order valence-electron chi connectivity index (χ2n) is 3.84. The van der Waals surface area contributed by atoms with E-state index in [1.54, 1.807) is 0 Å². The molecule has 8 heteroatoms. The van der Waals surface area contributed by atoms with Gasteiger partial charge in [-0.15, -0.1) is 0 Å². The van der Waals surface area contributed by atoms with Gasteiger partial charge in [-0.2, -0.15) is 0 Å². The van der Waals surface area contributed by atoms with Crippen LogP contribution in [0.25, 0.3) is 11.2 Å². The third-order valence-electron chi connectivity index (χ3n) is 2.76. The first-order chi connectivity index (χ1) is 8.18. The number of hydrogen-bond acceptors (Lipinski definition) is 6. The Balaban J connectivity index is 2.13. The molecule has 90 valence electrons. The molecular weight excluding hydrogens is 228 g/mol. The molecule has 1 aliphatic rings. The molecule has 0 aliphatic carbocycles. The van der Waals surface area contributed by atoms with Crippen molar-refractivity contribution in [1.29, 1.82) is 0 Å². The molecule has 1 aliphatic heterocycles. The summed E-state index contributed by atoms with van der Waals surface area (Å²) in [6.45, 7) is 0.0364. The first kappa shape index (κ1) is 10.4. The fourth-order valence-electron chi connectivity index (χ4n) is 1.88. The zero-order valence-corrected chi connectivity index (χ0v) is 8.65. The summed E-state index contributed by atoms with van der Waals surface area (Å²) < 4.78 is 6.68. The van der Waals surface area contributed by atoms with E-state index in [1.165, 1.54) is 17.2 Å². The Kier molecular flexibility index (Phi) is 2.21. The van der Waals surface area contributed by atoms with E-state index >= 15 is 0 Å². The molecular formula is C9H10N4O4. The van der Waals surface area contributed by atoms with Gasteiger partial charge in [-0.1, -0.05) is 0 Å². The first-order valence-electron chi connectivity index (χ1n) is 5.06. The van der Waals surface area contributed by atoms with Gasteiger partial charge in [0.05, 0.1) is 19.3 Å². The van der Waals surface area contributed by atoms with Crippen molar-refractivity contribution in [2.45, 2.75) is 18.4 Å². The fraction of sp³-hybridized carbons (Fsp3) is 0.444. The summed E-state index contributed by atoms with van der Waals surface area (Å²) in [5.41, 5.74) is 0.123. The van der Waals surface area contributed by atoms with Crippen molar-refractivity contribution >= 4 is 11.2 Å². The largest absolute Gasteiger partial charge is 0.388 e. The van der Waals surface area contributed by atoms with E-state index in [0.717, 1.165) is 0 Å². The molecule has 0 amide bonds. The molecule has 0 bridgehead atoms. The lowest BCUT2D eigenvalue weighted by atomic mass is 10.2. The van der Waals surface area contributed by atoms with Gasteiger partial charge in [-0.3, -0.25) is 9.36 Å². The van der Waals surface area contributed by atoms with Crippen LogP contribution in [0.1, 0.15) is 6.23 Å². The standard InChI is InChI=1S/C9H10N4O4/c14-4-1-17-9(6(4)15)13-3-12-5-7(13)10-2-11-8(5)16/h2-4,6,9,14-15H,1H2,(H,10,11,16). The quantitative estimate of drug-likeness (QED) is 0.549. The zero-order valence-electron chi connectivity index (χ0n) is 8.65. The van der Waals surface area contributed by atoms with Crippen LogP contribution >= 0.6 is 0 Å². The number of aliphatic hydroxyl groups excluding tert-OH is 2. The van der Waals surface area contributed by atoms with Crippen molar-refractivity contribution in [2.75, 3.05) is 6.61 Å². The molecule has 0 spiro atoms. The van der Waals surface area contributed by atoms with Gasteiger partial charge >= 0.3 is 0 Å². The van der Waals surface area contributed by atoms with E-state index in [1.807, 2.05) is 0 Å². The number of aliphatic hydroxyl groups is 2. The Morgan fingerprint density at radius 3 is 3.00 bits per heavy atom. The molecule has 0 saturated carbocycles. The molecule has 0 aromatic carbocycles. The predicted octanol–water partition coefficient (Wildman–Crippen LogP) is -1.63. The SMILES string of the molecule is O=c1[nH]cnc2c1ncn2C1OCC(O)C1O. The topological polar surface area (TPSA) is 113 Å². The van der Waals surface area contributed by atoms with Crippen molar-refractivity contribution in [3.63, 3.8) is 0 Å². The molecule has 17 heavy (non-hydrogen) atoms. The van der Waals surface area contributed by atoms with Crippen LogP contribution in [0, 0.1) is 0 Å². The lowest BCUT2D eigenvalue weighted by molar-refractivity contribution is -0.0162. The monoisotopic (exact) mass is 238 g/mol. The lowest BCUT2D eigenvalue weighted by Crippen LogP contribution is -2.28. The molecule has 8 nitrogen and oxygen atoms in total. The summed E-state index contributed by atoms with van der Waals surface area (Å²) in [6, 6.07) is 0. The maximum absolute atomic E-state index is 11.4. The van der Waals surface area contributed by atoms with Crippen LogP contribution in [0.5, 0.6) is 0 Å². The second kappa shape index (κ2) is 3.62. The van der Waals surface area contributed by atoms with Crippen LogP contribution in [-0.2, 0) is 4.74 Å². The fourth-order valence-corrected chi connectivity index (χ4v) is 1.88. The third kappa shape index (κ3) is 1.46. The maximum atomic E-state index is 11.4. The summed E-state index contributed by atoms with van der Waals surface area (Å²) in [5, 5.41) is 19.1. The van der Waals surface area contributed by atoms with E-state index in [-0.39, 0.29) is 17.7 Å². The van der Waals surface area contributed by atoms with Crippen LogP contribution in [0.2, 0.25) is 0 Å².